The van der Waals surface area contributed by atoms with E-state index in [-0.39, 0.29) is 13.2 Å². The average molecular weight is 257 g/mol. The van der Waals surface area contributed by atoms with Crippen molar-refractivity contribution in [1.82, 2.24) is 4.98 Å². The highest BCUT2D eigenvalue weighted by Crippen LogP contribution is 2.29. The normalized spacial score (nSPS) is 19.9. The Balaban J connectivity index is 2.08. The summed E-state index contributed by atoms with van der Waals surface area (Å²) in [5.74, 6) is 1.31. The first-order valence-corrected chi connectivity index (χ1v) is 6.23. The highest BCUT2D eigenvalue weighted by atomic mass is 35.5. The van der Waals surface area contributed by atoms with Gasteiger partial charge in [0.25, 0.3) is 0 Å². The summed E-state index contributed by atoms with van der Waals surface area (Å²) >= 11 is 6.15. The van der Waals surface area contributed by atoms with Crippen molar-refractivity contribution < 1.29 is 10.2 Å². The fourth-order valence-corrected chi connectivity index (χ4v) is 2.54. The van der Waals surface area contributed by atoms with Crippen molar-refractivity contribution in [2.45, 2.75) is 19.4 Å². The first kappa shape index (κ1) is 12.6. The highest BCUT2D eigenvalue weighted by molar-refractivity contribution is 6.33. The van der Waals surface area contributed by atoms with Crippen LogP contribution in [0.5, 0.6) is 0 Å². The molecule has 2 N–H and O–H groups in total. The van der Waals surface area contributed by atoms with E-state index < -0.39 is 0 Å². The number of aromatic nitrogens is 1. The van der Waals surface area contributed by atoms with Crippen molar-refractivity contribution in [3.05, 3.63) is 22.8 Å². The first-order chi connectivity index (χ1) is 8.24. The van der Waals surface area contributed by atoms with Gasteiger partial charge in [-0.3, -0.25) is 0 Å². The van der Waals surface area contributed by atoms with Gasteiger partial charge in [-0.15, -0.1) is 0 Å². The highest BCUT2D eigenvalue weighted by Gasteiger charge is 2.24. The molecular formula is C12H17ClN2O2. The van der Waals surface area contributed by atoms with E-state index in [9.17, 15) is 0 Å². The number of nitrogens with zero attached hydrogens (tertiary/aromatic N) is 2. The second kappa shape index (κ2) is 5.67. The monoisotopic (exact) mass is 256 g/mol. The van der Waals surface area contributed by atoms with Gasteiger partial charge in [-0.25, -0.2) is 4.98 Å². The number of aliphatic hydroxyl groups is 2. The molecule has 1 atom stereocenters. The molecular weight excluding hydrogens is 240 g/mol. The molecule has 1 unspecified atom stereocenters. The molecule has 5 heteroatoms. The number of aliphatic hydroxyl groups excluding tert-OH is 2. The topological polar surface area (TPSA) is 56.6 Å². The third kappa shape index (κ3) is 2.89. The Kier molecular flexibility index (Phi) is 4.20. The molecule has 2 rings (SSSR count). The van der Waals surface area contributed by atoms with E-state index in [1.807, 2.05) is 0 Å². The summed E-state index contributed by atoms with van der Waals surface area (Å²) in [5.41, 5.74) is 0.727. The summed E-state index contributed by atoms with van der Waals surface area (Å²) < 4.78 is 0. The zero-order valence-electron chi connectivity index (χ0n) is 9.64. The molecule has 0 radical (unpaired) electrons. The van der Waals surface area contributed by atoms with Crippen LogP contribution in [0, 0.1) is 5.92 Å². The zero-order chi connectivity index (χ0) is 12.3. The number of halogens is 1. The van der Waals surface area contributed by atoms with Crippen LogP contribution in [0.15, 0.2) is 12.3 Å². The molecule has 1 aromatic rings. The molecule has 0 aromatic carbocycles. The van der Waals surface area contributed by atoms with Crippen LogP contribution in [0.25, 0.3) is 0 Å². The number of hydrogen-bond donors (Lipinski definition) is 2. The molecule has 1 fully saturated rings. The van der Waals surface area contributed by atoms with Gasteiger partial charge in [-0.2, -0.15) is 0 Å². The molecule has 1 aliphatic rings. The summed E-state index contributed by atoms with van der Waals surface area (Å²) in [5, 5.41) is 18.5. The van der Waals surface area contributed by atoms with E-state index in [1.165, 1.54) is 0 Å². The van der Waals surface area contributed by atoms with Crippen LogP contribution < -0.4 is 4.90 Å². The molecule has 0 aliphatic carbocycles. The number of pyridine rings is 1. The molecule has 2 heterocycles. The smallest absolute Gasteiger partial charge is 0.147 e. The van der Waals surface area contributed by atoms with Gasteiger partial charge in [0.1, 0.15) is 5.82 Å². The Bertz CT molecular complexity index is 387. The van der Waals surface area contributed by atoms with Gasteiger partial charge >= 0.3 is 0 Å². The van der Waals surface area contributed by atoms with Crippen molar-refractivity contribution in [1.29, 1.82) is 0 Å². The van der Waals surface area contributed by atoms with E-state index in [1.54, 1.807) is 12.3 Å². The third-order valence-electron chi connectivity index (χ3n) is 3.18. The lowest BCUT2D eigenvalue weighted by Crippen LogP contribution is -2.21. The maximum absolute atomic E-state index is 8.99. The molecule has 0 bridgehead atoms. The van der Waals surface area contributed by atoms with Gasteiger partial charge < -0.3 is 15.1 Å². The van der Waals surface area contributed by atoms with E-state index in [2.05, 4.69) is 9.88 Å². The predicted molar refractivity (Wildman–Crippen MR) is 67.2 cm³/mol. The predicted octanol–water partition coefficient (Wildman–Crippen LogP) is 1.44. The molecule has 17 heavy (non-hydrogen) atoms. The summed E-state index contributed by atoms with van der Waals surface area (Å²) in [6.07, 6.45) is 3.56. The molecule has 4 nitrogen and oxygen atoms in total. The van der Waals surface area contributed by atoms with Crippen molar-refractivity contribution in [2.24, 2.45) is 5.92 Å². The summed E-state index contributed by atoms with van der Waals surface area (Å²) in [4.78, 5) is 6.44. The number of hydrogen-bond acceptors (Lipinski definition) is 4. The van der Waals surface area contributed by atoms with Crippen LogP contribution in [-0.2, 0) is 6.61 Å². The maximum atomic E-state index is 8.99. The fraction of sp³-hybridized carbons (Fsp3) is 0.583. The Morgan fingerprint density at radius 3 is 2.94 bits per heavy atom. The second-order valence-electron chi connectivity index (χ2n) is 4.42. The van der Waals surface area contributed by atoms with Crippen molar-refractivity contribution in [2.75, 3.05) is 24.6 Å². The lowest BCUT2D eigenvalue weighted by atomic mass is 10.1. The summed E-state index contributed by atoms with van der Waals surface area (Å²) in [7, 11) is 0. The van der Waals surface area contributed by atoms with Crippen LogP contribution in [-0.4, -0.2) is 34.9 Å². The van der Waals surface area contributed by atoms with Crippen molar-refractivity contribution in [3.8, 4) is 0 Å². The van der Waals surface area contributed by atoms with Gasteiger partial charge in [0.15, 0.2) is 0 Å². The van der Waals surface area contributed by atoms with E-state index in [4.69, 9.17) is 21.8 Å². The fourth-order valence-electron chi connectivity index (χ4n) is 2.23. The minimum atomic E-state index is -0.0415. The van der Waals surface area contributed by atoms with E-state index in [0.29, 0.717) is 10.9 Å². The Hall–Kier alpha value is -0.840. The lowest BCUT2D eigenvalue weighted by Gasteiger charge is -2.19. The van der Waals surface area contributed by atoms with Crippen LogP contribution in [0.3, 0.4) is 0 Å². The summed E-state index contributed by atoms with van der Waals surface area (Å²) in [6, 6.07) is 1.75. The molecule has 94 valence electrons. The average Bonchev–Trinajstić information content (AvgIpc) is 2.78. The van der Waals surface area contributed by atoms with Crippen LogP contribution in [0.2, 0.25) is 5.02 Å². The maximum Gasteiger partial charge on any atom is 0.147 e. The van der Waals surface area contributed by atoms with E-state index in [0.717, 1.165) is 37.3 Å². The Morgan fingerprint density at radius 1 is 1.47 bits per heavy atom. The standard InChI is InChI=1S/C12H17ClN2O2/c13-11-5-10(8-17)6-14-12(11)15-3-1-9(7-15)2-4-16/h5-6,9,16-17H,1-4,7-8H2. The van der Waals surface area contributed by atoms with Crippen molar-refractivity contribution in [3.63, 3.8) is 0 Å². The van der Waals surface area contributed by atoms with Crippen molar-refractivity contribution >= 4 is 17.4 Å². The van der Waals surface area contributed by atoms with Crippen LogP contribution >= 0.6 is 11.6 Å². The van der Waals surface area contributed by atoms with Gasteiger partial charge in [0.2, 0.25) is 0 Å². The van der Waals surface area contributed by atoms with E-state index >= 15 is 0 Å². The van der Waals surface area contributed by atoms with Crippen LogP contribution in [0.1, 0.15) is 18.4 Å². The number of anilines is 1. The van der Waals surface area contributed by atoms with Gasteiger partial charge in [-0.05, 0) is 30.4 Å². The van der Waals surface area contributed by atoms with Gasteiger partial charge in [-0.1, -0.05) is 11.6 Å². The lowest BCUT2D eigenvalue weighted by molar-refractivity contribution is 0.263. The van der Waals surface area contributed by atoms with Gasteiger partial charge in [0, 0.05) is 25.9 Å². The SMILES string of the molecule is OCCC1CCN(c2ncc(CO)cc2Cl)C1. The second-order valence-corrected chi connectivity index (χ2v) is 4.83. The molecule has 1 saturated heterocycles. The Labute approximate surface area is 106 Å². The minimum Gasteiger partial charge on any atom is -0.396 e. The quantitative estimate of drug-likeness (QED) is 0.856. The number of rotatable bonds is 4. The van der Waals surface area contributed by atoms with Crippen LogP contribution in [0.4, 0.5) is 5.82 Å². The molecule has 1 aliphatic heterocycles. The largest absolute Gasteiger partial charge is 0.396 e. The minimum absolute atomic E-state index is 0.0415. The molecule has 0 amide bonds. The van der Waals surface area contributed by atoms with Gasteiger partial charge in [0.05, 0.1) is 11.6 Å². The Morgan fingerprint density at radius 2 is 2.29 bits per heavy atom. The third-order valence-corrected chi connectivity index (χ3v) is 3.46. The zero-order valence-corrected chi connectivity index (χ0v) is 10.4. The summed E-state index contributed by atoms with van der Waals surface area (Å²) in [6.45, 7) is 2.02. The molecule has 0 spiro atoms. The molecule has 0 saturated carbocycles. The molecule has 1 aromatic heterocycles. The first-order valence-electron chi connectivity index (χ1n) is 5.85.